The Balaban J connectivity index is 0.000000413. The third-order valence-corrected chi connectivity index (χ3v) is 3.67. The van der Waals surface area contributed by atoms with E-state index in [-0.39, 0.29) is 0 Å². The van der Waals surface area contributed by atoms with Crippen LogP contribution in [0.1, 0.15) is 6.42 Å². The average molecular weight is 380 g/mol. The predicted molar refractivity (Wildman–Crippen MR) is 89.1 cm³/mol. The fourth-order valence-electron chi connectivity index (χ4n) is 1.91. The summed E-state index contributed by atoms with van der Waals surface area (Å²) in [5, 5.41) is 15.9. The molecule has 1 aliphatic rings. The lowest BCUT2D eigenvalue weighted by Gasteiger charge is -2.26. The quantitative estimate of drug-likeness (QED) is 0.598. The molecule has 7 nitrogen and oxygen atoms in total. The third kappa shape index (κ3) is 7.83. The second kappa shape index (κ2) is 11.1. The van der Waals surface area contributed by atoms with Gasteiger partial charge in [-0.15, -0.1) is 0 Å². The minimum atomic E-state index is -1.82. The number of carboxylic acid groups (broad SMARTS) is 2. The molecule has 0 aliphatic carbocycles. The van der Waals surface area contributed by atoms with Crippen molar-refractivity contribution in [1.29, 1.82) is 0 Å². The summed E-state index contributed by atoms with van der Waals surface area (Å²) in [6.07, 6.45) is 0.960. The van der Waals surface area contributed by atoms with Gasteiger partial charge in [0.2, 0.25) is 0 Å². The molecule has 1 fully saturated rings. The Morgan fingerprint density at radius 3 is 2.17 bits per heavy atom. The zero-order valence-corrected chi connectivity index (χ0v) is 14.4. The molecular formula is C15H19Cl2NO6. The number of benzene rings is 1. The lowest BCUT2D eigenvalue weighted by Crippen LogP contribution is -2.37. The molecule has 0 unspecified atom stereocenters. The van der Waals surface area contributed by atoms with Crippen molar-refractivity contribution in [1.82, 2.24) is 4.90 Å². The molecule has 0 spiro atoms. The van der Waals surface area contributed by atoms with Crippen molar-refractivity contribution in [2.45, 2.75) is 6.42 Å². The van der Waals surface area contributed by atoms with Gasteiger partial charge in [0, 0.05) is 19.6 Å². The van der Waals surface area contributed by atoms with E-state index in [1.165, 1.54) is 0 Å². The molecule has 1 aliphatic heterocycles. The Kier molecular flexibility index (Phi) is 9.48. The number of hydrogen-bond donors (Lipinski definition) is 2. The summed E-state index contributed by atoms with van der Waals surface area (Å²) in [4.78, 5) is 20.6. The van der Waals surface area contributed by atoms with Gasteiger partial charge in [-0.3, -0.25) is 4.90 Å². The van der Waals surface area contributed by atoms with Gasteiger partial charge in [0.15, 0.2) is 5.75 Å². The van der Waals surface area contributed by atoms with Crippen molar-refractivity contribution in [3.8, 4) is 5.75 Å². The number of para-hydroxylation sites is 1. The van der Waals surface area contributed by atoms with E-state index in [1.54, 1.807) is 12.1 Å². The van der Waals surface area contributed by atoms with Gasteiger partial charge in [-0.25, -0.2) is 9.59 Å². The summed E-state index contributed by atoms with van der Waals surface area (Å²) in [5.41, 5.74) is 0. The molecule has 0 radical (unpaired) electrons. The Hall–Kier alpha value is -1.54. The fourth-order valence-corrected chi connectivity index (χ4v) is 2.41. The number of hydrogen-bond acceptors (Lipinski definition) is 5. The molecule has 0 amide bonds. The predicted octanol–water partition coefficient (Wildman–Crippen LogP) is 2.25. The van der Waals surface area contributed by atoms with Crippen LogP contribution in [-0.2, 0) is 14.3 Å². The van der Waals surface area contributed by atoms with Crippen LogP contribution in [0.15, 0.2) is 18.2 Å². The van der Waals surface area contributed by atoms with Gasteiger partial charge in [0.1, 0.15) is 0 Å². The lowest BCUT2D eigenvalue weighted by molar-refractivity contribution is -0.159. The van der Waals surface area contributed by atoms with Crippen LogP contribution in [0.2, 0.25) is 10.0 Å². The first-order valence-electron chi connectivity index (χ1n) is 7.25. The highest BCUT2D eigenvalue weighted by molar-refractivity contribution is 6.37. The van der Waals surface area contributed by atoms with Crippen molar-refractivity contribution >= 4 is 35.1 Å². The molecule has 1 aromatic rings. The van der Waals surface area contributed by atoms with E-state index in [0.717, 1.165) is 39.3 Å². The number of rotatable bonds is 5. The van der Waals surface area contributed by atoms with Crippen molar-refractivity contribution in [3.05, 3.63) is 28.2 Å². The van der Waals surface area contributed by atoms with Crippen molar-refractivity contribution in [3.63, 3.8) is 0 Å². The number of morpholine rings is 1. The maximum absolute atomic E-state index is 9.10. The largest absolute Gasteiger partial charge is 0.490 e. The lowest BCUT2D eigenvalue weighted by atomic mass is 10.3. The molecule has 0 atom stereocenters. The number of nitrogens with zero attached hydrogens (tertiary/aromatic N) is 1. The highest BCUT2D eigenvalue weighted by Gasteiger charge is 2.10. The molecule has 24 heavy (non-hydrogen) atoms. The van der Waals surface area contributed by atoms with E-state index < -0.39 is 11.9 Å². The second-order valence-electron chi connectivity index (χ2n) is 4.82. The molecule has 1 saturated heterocycles. The van der Waals surface area contributed by atoms with Crippen LogP contribution in [0.25, 0.3) is 0 Å². The Morgan fingerprint density at radius 1 is 1.12 bits per heavy atom. The minimum Gasteiger partial charge on any atom is -0.490 e. The smallest absolute Gasteiger partial charge is 0.414 e. The number of carboxylic acids is 2. The summed E-state index contributed by atoms with van der Waals surface area (Å²) in [6.45, 7) is 5.32. The molecule has 134 valence electrons. The molecular weight excluding hydrogens is 361 g/mol. The molecule has 1 aromatic carbocycles. The molecule has 9 heteroatoms. The van der Waals surface area contributed by atoms with Crippen LogP contribution in [0.4, 0.5) is 0 Å². The van der Waals surface area contributed by atoms with Gasteiger partial charge >= 0.3 is 11.9 Å². The number of halogens is 2. The SMILES string of the molecule is Clc1cccc(Cl)c1OCCCN1CCOCC1.O=C(O)C(=O)O. The summed E-state index contributed by atoms with van der Waals surface area (Å²) in [7, 11) is 0. The number of ether oxygens (including phenoxy) is 2. The van der Waals surface area contributed by atoms with Crippen molar-refractivity contribution in [2.75, 3.05) is 39.5 Å². The fraction of sp³-hybridized carbons (Fsp3) is 0.467. The van der Waals surface area contributed by atoms with Crippen LogP contribution >= 0.6 is 23.2 Å². The molecule has 1 heterocycles. The first-order chi connectivity index (χ1) is 11.4. The van der Waals surface area contributed by atoms with Crippen LogP contribution in [0.5, 0.6) is 5.75 Å². The molecule has 2 N–H and O–H groups in total. The maximum Gasteiger partial charge on any atom is 0.414 e. The summed E-state index contributed by atoms with van der Waals surface area (Å²) < 4.78 is 10.9. The maximum atomic E-state index is 9.10. The monoisotopic (exact) mass is 379 g/mol. The van der Waals surface area contributed by atoms with E-state index in [0.29, 0.717) is 22.4 Å². The van der Waals surface area contributed by atoms with Gasteiger partial charge in [-0.2, -0.15) is 0 Å². The van der Waals surface area contributed by atoms with Crippen molar-refractivity contribution in [2.24, 2.45) is 0 Å². The van der Waals surface area contributed by atoms with E-state index in [4.69, 9.17) is 52.5 Å². The Morgan fingerprint density at radius 2 is 1.67 bits per heavy atom. The first-order valence-corrected chi connectivity index (χ1v) is 8.00. The van der Waals surface area contributed by atoms with Gasteiger partial charge in [-0.1, -0.05) is 29.3 Å². The second-order valence-corrected chi connectivity index (χ2v) is 5.63. The third-order valence-electron chi connectivity index (χ3n) is 3.07. The Labute approximate surface area is 149 Å². The van der Waals surface area contributed by atoms with Crippen LogP contribution in [-0.4, -0.2) is 66.5 Å². The van der Waals surface area contributed by atoms with Gasteiger partial charge in [0.05, 0.1) is 29.9 Å². The minimum absolute atomic E-state index is 0.564. The highest BCUT2D eigenvalue weighted by atomic mass is 35.5. The zero-order valence-electron chi connectivity index (χ0n) is 12.9. The van der Waals surface area contributed by atoms with Crippen LogP contribution in [0, 0.1) is 0 Å². The summed E-state index contributed by atoms with van der Waals surface area (Å²) in [6, 6.07) is 5.38. The van der Waals surface area contributed by atoms with Gasteiger partial charge < -0.3 is 19.7 Å². The summed E-state index contributed by atoms with van der Waals surface area (Å²) in [5.74, 6) is -3.06. The van der Waals surface area contributed by atoms with Crippen LogP contribution < -0.4 is 4.74 Å². The highest BCUT2D eigenvalue weighted by Crippen LogP contribution is 2.32. The van der Waals surface area contributed by atoms with Gasteiger partial charge in [-0.05, 0) is 18.6 Å². The first kappa shape index (κ1) is 20.5. The molecule has 0 saturated carbocycles. The normalized spacial score (nSPS) is 14.4. The van der Waals surface area contributed by atoms with Gasteiger partial charge in [0.25, 0.3) is 0 Å². The average Bonchev–Trinajstić information content (AvgIpc) is 2.55. The zero-order chi connectivity index (χ0) is 17.9. The molecule has 0 bridgehead atoms. The number of carbonyl (C=O) groups is 2. The van der Waals surface area contributed by atoms with E-state index in [2.05, 4.69) is 4.90 Å². The Bertz CT molecular complexity index is 517. The topological polar surface area (TPSA) is 96.3 Å². The molecule has 0 aromatic heterocycles. The number of aliphatic carboxylic acids is 2. The van der Waals surface area contributed by atoms with Crippen LogP contribution in [0.3, 0.4) is 0 Å². The van der Waals surface area contributed by atoms with E-state index in [9.17, 15) is 0 Å². The standard InChI is InChI=1S/C13H17Cl2NO2.C2H2O4/c14-11-3-1-4-12(15)13(11)18-8-2-5-16-6-9-17-10-7-16;3-1(4)2(5)6/h1,3-4H,2,5-10H2;(H,3,4)(H,5,6). The van der Waals surface area contributed by atoms with E-state index >= 15 is 0 Å². The van der Waals surface area contributed by atoms with Crippen molar-refractivity contribution < 1.29 is 29.3 Å². The molecule has 2 rings (SSSR count). The summed E-state index contributed by atoms with van der Waals surface area (Å²) >= 11 is 12.0. The van der Waals surface area contributed by atoms with E-state index in [1.807, 2.05) is 6.07 Å².